The molecule has 192 valence electrons. The summed E-state index contributed by atoms with van der Waals surface area (Å²) in [6.45, 7) is 8.44. The molecule has 0 saturated heterocycles. The van der Waals surface area contributed by atoms with Gasteiger partial charge in [0.05, 0.1) is 25.6 Å². The first-order chi connectivity index (χ1) is 17.2. The third kappa shape index (κ3) is 5.69. The highest BCUT2D eigenvalue weighted by Crippen LogP contribution is 2.40. The van der Waals surface area contributed by atoms with E-state index in [1.807, 2.05) is 35.1 Å². The maximum absolute atomic E-state index is 15.0. The van der Waals surface area contributed by atoms with Crippen LogP contribution < -0.4 is 20.1 Å². The van der Waals surface area contributed by atoms with Gasteiger partial charge in [-0.1, -0.05) is 37.3 Å². The van der Waals surface area contributed by atoms with Crippen molar-refractivity contribution < 1.29 is 18.6 Å². The van der Waals surface area contributed by atoms with Gasteiger partial charge in [0.25, 0.3) is 0 Å². The normalized spacial score (nSPS) is 12.9. The fraction of sp³-hybridized carbons (Fsp3) is 0.346. The van der Waals surface area contributed by atoms with Crippen LogP contribution in [0.2, 0.25) is 30.7 Å². The third-order valence-corrected chi connectivity index (χ3v) is 8.02. The van der Waals surface area contributed by atoms with Crippen LogP contribution in [0.15, 0.2) is 48.5 Å². The predicted octanol–water partition coefficient (Wildman–Crippen LogP) is 6.64. The quantitative estimate of drug-likeness (QED) is 0.202. The van der Waals surface area contributed by atoms with Crippen LogP contribution in [0.1, 0.15) is 5.56 Å². The Morgan fingerprint density at radius 3 is 2.53 bits per heavy atom. The monoisotopic (exact) mass is 530 g/mol. The van der Waals surface area contributed by atoms with E-state index in [9.17, 15) is 0 Å². The number of nitrogens with one attached hydrogen (secondary N) is 2. The lowest BCUT2D eigenvalue weighted by molar-refractivity contribution is 0.0899. The van der Waals surface area contributed by atoms with E-state index in [1.54, 1.807) is 6.20 Å². The van der Waals surface area contributed by atoms with Gasteiger partial charge < -0.3 is 29.4 Å². The lowest BCUT2D eigenvalue weighted by Crippen LogP contribution is -2.22. The fourth-order valence-corrected chi connectivity index (χ4v) is 4.79. The Morgan fingerprint density at radius 1 is 1.14 bits per heavy atom. The molecule has 0 aliphatic heterocycles. The summed E-state index contributed by atoms with van der Waals surface area (Å²) in [6.07, 6.45) is 9.70. The summed E-state index contributed by atoms with van der Waals surface area (Å²) in [7, 11) is 1.72. The van der Waals surface area contributed by atoms with Crippen LogP contribution in [0.25, 0.3) is 11.0 Å². The Hall–Kier alpha value is -3.01. The van der Waals surface area contributed by atoms with E-state index >= 15 is 4.39 Å². The molecule has 3 aromatic rings. The molecule has 1 aliphatic carbocycles. The molecular weight excluding hydrogens is 499 g/mol. The first-order valence-electron chi connectivity index (χ1n) is 11.8. The van der Waals surface area contributed by atoms with Crippen molar-refractivity contribution in [1.29, 1.82) is 0 Å². The Labute approximate surface area is 216 Å². The molecule has 0 fully saturated rings. The second kappa shape index (κ2) is 10.9. The number of fused-ring (bicyclic) bond motifs is 1. The molecule has 0 amide bonds. The standard InChI is InChI=1S/C26H32ClFN4O3Si/c1-33-20-13-21(34-2)23(28)25(22(20)27)29-14-17-15-30-26-19(24(17)31-18-7-6-8-18)9-10-32(26)16-35-11-12-36(3,4)5/h6-10,13,15,29H,11-12,14,16H2,1-5H3,(H,30,31). The SMILES string of the molecule is COc1cc(OC)c(Cl)c(NCc2cnc3c(ccn3COCC[Si](C)(C)C)c2NC2=CC=C2)c1F. The highest BCUT2D eigenvalue weighted by atomic mass is 35.5. The highest BCUT2D eigenvalue weighted by molar-refractivity contribution is 6.76. The summed E-state index contributed by atoms with van der Waals surface area (Å²) in [5.74, 6) is -0.222. The minimum absolute atomic E-state index is 0.0432. The summed E-state index contributed by atoms with van der Waals surface area (Å²) in [4.78, 5) is 4.70. The molecule has 4 rings (SSSR count). The van der Waals surface area contributed by atoms with Crippen molar-refractivity contribution in [1.82, 2.24) is 9.55 Å². The minimum Gasteiger partial charge on any atom is -0.495 e. The largest absolute Gasteiger partial charge is 0.495 e. The molecule has 7 nitrogen and oxygen atoms in total. The van der Waals surface area contributed by atoms with Crippen molar-refractivity contribution in [3.05, 3.63) is 64.9 Å². The second-order valence-corrected chi connectivity index (χ2v) is 15.8. The van der Waals surface area contributed by atoms with Crippen molar-refractivity contribution in [2.75, 3.05) is 31.5 Å². The van der Waals surface area contributed by atoms with E-state index in [-0.39, 0.29) is 23.0 Å². The molecule has 10 heteroatoms. The summed E-state index contributed by atoms with van der Waals surface area (Å²) in [5.41, 5.74) is 3.63. The maximum Gasteiger partial charge on any atom is 0.189 e. The van der Waals surface area contributed by atoms with Gasteiger partial charge in [0.2, 0.25) is 0 Å². The van der Waals surface area contributed by atoms with Crippen molar-refractivity contribution in [2.45, 2.75) is 39.0 Å². The molecule has 2 aromatic heterocycles. The first kappa shape index (κ1) is 26.1. The van der Waals surface area contributed by atoms with E-state index in [1.165, 1.54) is 20.3 Å². The predicted molar refractivity (Wildman–Crippen MR) is 147 cm³/mol. The summed E-state index contributed by atoms with van der Waals surface area (Å²) in [5, 5.41) is 7.67. The van der Waals surface area contributed by atoms with Gasteiger partial charge in [-0.25, -0.2) is 9.37 Å². The maximum atomic E-state index is 15.0. The highest BCUT2D eigenvalue weighted by Gasteiger charge is 2.20. The summed E-state index contributed by atoms with van der Waals surface area (Å²) >= 11 is 6.40. The Bertz CT molecular complexity index is 1290. The zero-order valence-corrected chi connectivity index (χ0v) is 23.0. The number of hydrogen-bond donors (Lipinski definition) is 2. The van der Waals surface area contributed by atoms with Crippen LogP contribution in [0.4, 0.5) is 15.8 Å². The molecule has 0 spiro atoms. The Morgan fingerprint density at radius 2 is 1.89 bits per heavy atom. The number of anilines is 2. The van der Waals surface area contributed by atoms with E-state index in [0.717, 1.165) is 40.6 Å². The number of nitrogens with zero attached hydrogens (tertiary/aromatic N) is 2. The number of halogens is 2. The number of hydrogen-bond acceptors (Lipinski definition) is 6. The Balaban J connectivity index is 1.61. The van der Waals surface area contributed by atoms with Gasteiger partial charge in [-0.2, -0.15) is 0 Å². The molecular formula is C26H32ClFN4O3Si. The molecule has 1 aliphatic rings. The lowest BCUT2D eigenvalue weighted by Gasteiger charge is -2.19. The molecule has 1 aromatic carbocycles. The van der Waals surface area contributed by atoms with Crippen LogP contribution in [-0.4, -0.2) is 38.5 Å². The van der Waals surface area contributed by atoms with Crippen LogP contribution in [0.3, 0.4) is 0 Å². The van der Waals surface area contributed by atoms with E-state index < -0.39 is 13.9 Å². The van der Waals surface area contributed by atoms with Crippen LogP contribution >= 0.6 is 11.6 Å². The minimum atomic E-state index is -1.15. The van der Waals surface area contributed by atoms with Crippen molar-refractivity contribution in [2.24, 2.45) is 0 Å². The second-order valence-electron chi connectivity index (χ2n) is 9.77. The number of aromatic nitrogens is 2. The van der Waals surface area contributed by atoms with Crippen molar-refractivity contribution in [3.63, 3.8) is 0 Å². The Kier molecular flexibility index (Phi) is 7.92. The molecule has 36 heavy (non-hydrogen) atoms. The fourth-order valence-electron chi connectivity index (χ4n) is 3.75. The number of allylic oxidation sites excluding steroid dienone is 3. The van der Waals surface area contributed by atoms with Crippen LogP contribution in [0.5, 0.6) is 11.5 Å². The third-order valence-electron chi connectivity index (χ3n) is 5.94. The number of ether oxygens (including phenoxy) is 3. The van der Waals surface area contributed by atoms with Gasteiger partial charge in [-0.3, -0.25) is 0 Å². The smallest absolute Gasteiger partial charge is 0.189 e. The van der Waals surface area contributed by atoms with Crippen LogP contribution in [0, 0.1) is 5.82 Å². The molecule has 0 bridgehead atoms. The van der Waals surface area contributed by atoms with Gasteiger partial charge in [-0.05, 0) is 24.3 Å². The van der Waals surface area contributed by atoms with Crippen molar-refractivity contribution in [3.8, 4) is 11.5 Å². The van der Waals surface area contributed by atoms with E-state index in [0.29, 0.717) is 12.5 Å². The average molecular weight is 531 g/mol. The lowest BCUT2D eigenvalue weighted by atomic mass is 10.1. The van der Waals surface area contributed by atoms with E-state index in [2.05, 4.69) is 30.3 Å². The average Bonchev–Trinajstić information content (AvgIpc) is 3.22. The zero-order valence-electron chi connectivity index (χ0n) is 21.2. The number of pyridine rings is 1. The summed E-state index contributed by atoms with van der Waals surface area (Å²) in [6, 6.07) is 4.55. The van der Waals surface area contributed by atoms with Gasteiger partial charge >= 0.3 is 0 Å². The molecule has 0 atom stereocenters. The zero-order chi connectivity index (χ0) is 25.9. The number of benzene rings is 1. The van der Waals surface area contributed by atoms with Crippen LogP contribution in [-0.2, 0) is 18.0 Å². The molecule has 0 radical (unpaired) electrons. The number of methoxy groups -OCH3 is 2. The van der Waals surface area contributed by atoms with Gasteiger partial charge in [-0.15, -0.1) is 0 Å². The molecule has 2 N–H and O–H groups in total. The summed E-state index contributed by atoms with van der Waals surface area (Å²) < 4.78 is 33.4. The van der Waals surface area contributed by atoms with Gasteiger partial charge in [0.15, 0.2) is 11.6 Å². The van der Waals surface area contributed by atoms with Crippen molar-refractivity contribution >= 4 is 42.1 Å². The molecule has 0 unspecified atom stereocenters. The topological polar surface area (TPSA) is 69.6 Å². The van der Waals surface area contributed by atoms with Gasteiger partial charge in [0.1, 0.15) is 23.2 Å². The van der Waals surface area contributed by atoms with E-state index in [4.69, 9.17) is 30.8 Å². The number of rotatable bonds is 12. The first-order valence-corrected chi connectivity index (χ1v) is 15.8. The molecule has 0 saturated carbocycles. The molecule has 2 heterocycles. The van der Waals surface area contributed by atoms with Gasteiger partial charge in [0, 0.05) is 56.3 Å².